The van der Waals surface area contributed by atoms with Crippen molar-refractivity contribution < 1.29 is 19.0 Å². The van der Waals surface area contributed by atoms with E-state index in [0.717, 1.165) is 0 Å². The molecule has 0 radical (unpaired) electrons. The Labute approximate surface area is 128 Å². The molecule has 0 aliphatic carbocycles. The lowest BCUT2D eigenvalue weighted by Crippen LogP contribution is -2.18. The average molecular weight is 313 g/mol. The number of nitrogens with one attached hydrogen (secondary N) is 1. The summed E-state index contributed by atoms with van der Waals surface area (Å²) in [4.78, 5) is 11.7. The summed E-state index contributed by atoms with van der Waals surface area (Å²) < 4.78 is 15.2. The Bertz CT molecular complexity index is 567. The second-order valence-electron chi connectivity index (χ2n) is 4.43. The molecule has 0 aliphatic heterocycles. The lowest BCUT2D eigenvalue weighted by molar-refractivity contribution is 0.130. The first-order chi connectivity index (χ1) is 9.94. The molecule has 0 aromatic heterocycles. The van der Waals surface area contributed by atoms with Gasteiger partial charge in [-0.25, -0.2) is 4.79 Å². The van der Waals surface area contributed by atoms with Crippen LogP contribution in [0, 0.1) is 11.3 Å². The number of anilines is 1. The fourth-order valence-electron chi connectivity index (χ4n) is 1.72. The predicted octanol–water partition coefficient (Wildman–Crippen LogP) is 3.32. The highest BCUT2D eigenvalue weighted by molar-refractivity contribution is 6.34. The van der Waals surface area contributed by atoms with Crippen LogP contribution in [0.15, 0.2) is 6.07 Å². The second-order valence-corrected chi connectivity index (χ2v) is 4.81. The summed E-state index contributed by atoms with van der Waals surface area (Å²) in [5, 5.41) is 11.8. The molecule has 114 valence electrons. The first-order valence-electron chi connectivity index (χ1n) is 6.20. The molecule has 6 nitrogen and oxygen atoms in total. The number of nitriles is 1. The number of ether oxygens (including phenoxy) is 3. The van der Waals surface area contributed by atoms with Gasteiger partial charge in [-0.1, -0.05) is 11.6 Å². The molecule has 0 fully saturated rings. The molecule has 0 heterocycles. The Hall–Kier alpha value is -1.97. The van der Waals surface area contributed by atoms with Crippen molar-refractivity contribution in [3.63, 3.8) is 0 Å². The number of hydrogen-bond donors (Lipinski definition) is 1. The monoisotopic (exact) mass is 312 g/mol. The van der Waals surface area contributed by atoms with Crippen LogP contribution in [-0.4, -0.2) is 26.4 Å². The number of hydrogen-bond acceptors (Lipinski definition) is 5. The van der Waals surface area contributed by atoms with Gasteiger partial charge in [0.15, 0.2) is 5.75 Å². The van der Waals surface area contributed by atoms with Gasteiger partial charge in [-0.3, -0.25) is 5.32 Å². The van der Waals surface area contributed by atoms with Crippen LogP contribution in [0.5, 0.6) is 5.75 Å². The molecule has 0 saturated carbocycles. The highest BCUT2D eigenvalue weighted by Crippen LogP contribution is 2.38. The average Bonchev–Trinajstić information content (AvgIpc) is 2.38. The molecular weight excluding hydrogens is 296 g/mol. The molecule has 21 heavy (non-hydrogen) atoms. The molecule has 1 amide bonds. The third-order valence-electron chi connectivity index (χ3n) is 2.50. The van der Waals surface area contributed by atoms with E-state index in [1.54, 1.807) is 19.9 Å². The van der Waals surface area contributed by atoms with E-state index in [1.165, 1.54) is 14.2 Å². The fraction of sp³-hybridized carbons (Fsp3) is 0.429. The van der Waals surface area contributed by atoms with Crippen molar-refractivity contribution >= 4 is 23.4 Å². The first kappa shape index (κ1) is 17.1. The third kappa shape index (κ3) is 4.25. The minimum atomic E-state index is -0.632. The van der Waals surface area contributed by atoms with Gasteiger partial charge >= 0.3 is 6.09 Å². The van der Waals surface area contributed by atoms with Crippen molar-refractivity contribution in [3.05, 3.63) is 22.2 Å². The smallest absolute Gasteiger partial charge is 0.411 e. The molecule has 0 bridgehead atoms. The zero-order valence-corrected chi connectivity index (χ0v) is 13.1. The molecular formula is C14H17ClN2O4. The van der Waals surface area contributed by atoms with Crippen LogP contribution in [0.2, 0.25) is 5.02 Å². The molecule has 0 unspecified atom stereocenters. The van der Waals surface area contributed by atoms with Crippen molar-refractivity contribution in [2.24, 2.45) is 0 Å². The second kappa shape index (κ2) is 7.72. The minimum absolute atomic E-state index is 0.120. The van der Waals surface area contributed by atoms with E-state index in [9.17, 15) is 10.1 Å². The molecule has 7 heteroatoms. The lowest BCUT2D eigenvalue weighted by Gasteiger charge is -2.16. The van der Waals surface area contributed by atoms with Gasteiger partial charge in [-0.15, -0.1) is 0 Å². The Balaban J connectivity index is 3.24. The van der Waals surface area contributed by atoms with Crippen LogP contribution in [0.25, 0.3) is 0 Å². The van der Waals surface area contributed by atoms with Crippen LogP contribution in [0.1, 0.15) is 25.0 Å². The van der Waals surface area contributed by atoms with Gasteiger partial charge in [0.25, 0.3) is 0 Å². The number of carbonyl (C=O) groups excluding carboxylic acids is 1. The van der Waals surface area contributed by atoms with Crippen LogP contribution < -0.4 is 10.1 Å². The quantitative estimate of drug-likeness (QED) is 0.902. The zero-order valence-electron chi connectivity index (χ0n) is 12.3. The predicted molar refractivity (Wildman–Crippen MR) is 78.7 cm³/mol. The molecule has 0 spiro atoms. The maximum atomic E-state index is 11.7. The molecule has 1 aromatic rings. The van der Waals surface area contributed by atoms with Gasteiger partial charge in [0.1, 0.15) is 11.1 Å². The summed E-state index contributed by atoms with van der Waals surface area (Å²) in [7, 11) is 2.90. The Morgan fingerprint density at radius 3 is 2.62 bits per heavy atom. The zero-order chi connectivity index (χ0) is 16.0. The van der Waals surface area contributed by atoms with E-state index in [-0.39, 0.29) is 29.0 Å². The van der Waals surface area contributed by atoms with E-state index < -0.39 is 6.09 Å². The maximum Gasteiger partial charge on any atom is 0.411 e. The topological polar surface area (TPSA) is 80.6 Å². The lowest BCUT2D eigenvalue weighted by atomic mass is 10.1. The number of halogens is 1. The largest absolute Gasteiger partial charge is 0.493 e. The van der Waals surface area contributed by atoms with Gasteiger partial charge < -0.3 is 14.2 Å². The SMILES string of the molecule is COCc1cc(NC(=O)OC(C)C)c(OC)c(Cl)c1C#N. The van der Waals surface area contributed by atoms with Gasteiger partial charge in [0.2, 0.25) is 0 Å². The summed E-state index contributed by atoms with van der Waals surface area (Å²) in [6.07, 6.45) is -0.893. The summed E-state index contributed by atoms with van der Waals surface area (Å²) in [5.41, 5.74) is 1.11. The summed E-state index contributed by atoms with van der Waals surface area (Å²) in [6, 6.07) is 3.58. The third-order valence-corrected chi connectivity index (χ3v) is 2.86. The van der Waals surface area contributed by atoms with Crippen molar-refractivity contribution in [1.82, 2.24) is 0 Å². The molecule has 1 rings (SSSR count). The normalized spacial score (nSPS) is 10.1. The van der Waals surface area contributed by atoms with Crippen molar-refractivity contribution in [2.75, 3.05) is 19.5 Å². The van der Waals surface area contributed by atoms with Crippen molar-refractivity contribution in [1.29, 1.82) is 5.26 Å². The fourth-order valence-corrected chi connectivity index (χ4v) is 2.06. The molecule has 0 atom stereocenters. The standard InChI is InChI=1S/C14H17ClN2O4/c1-8(2)21-14(18)17-11-5-9(7-19-3)10(6-16)12(15)13(11)20-4/h5,8H,7H2,1-4H3,(H,17,18). The van der Waals surface area contributed by atoms with Gasteiger partial charge in [-0.2, -0.15) is 5.26 Å². The number of rotatable bonds is 5. The number of carbonyl (C=O) groups is 1. The van der Waals surface area contributed by atoms with E-state index in [4.69, 9.17) is 25.8 Å². The van der Waals surface area contributed by atoms with Crippen molar-refractivity contribution in [2.45, 2.75) is 26.6 Å². The Morgan fingerprint density at radius 1 is 1.48 bits per heavy atom. The van der Waals surface area contributed by atoms with Gasteiger partial charge in [0, 0.05) is 7.11 Å². The Kier molecular flexibility index (Phi) is 6.28. The minimum Gasteiger partial charge on any atom is -0.493 e. The van der Waals surface area contributed by atoms with E-state index in [0.29, 0.717) is 11.3 Å². The highest BCUT2D eigenvalue weighted by atomic mass is 35.5. The Morgan fingerprint density at radius 2 is 2.14 bits per heavy atom. The van der Waals surface area contributed by atoms with Crippen LogP contribution in [0.3, 0.4) is 0 Å². The number of nitrogens with zero attached hydrogens (tertiary/aromatic N) is 1. The van der Waals surface area contributed by atoms with E-state index in [2.05, 4.69) is 5.32 Å². The van der Waals surface area contributed by atoms with Gasteiger partial charge in [-0.05, 0) is 25.5 Å². The highest BCUT2D eigenvalue weighted by Gasteiger charge is 2.19. The van der Waals surface area contributed by atoms with Gasteiger partial charge in [0.05, 0.1) is 31.1 Å². The van der Waals surface area contributed by atoms with E-state index in [1.807, 2.05) is 6.07 Å². The van der Waals surface area contributed by atoms with E-state index >= 15 is 0 Å². The van der Waals surface area contributed by atoms with Crippen LogP contribution in [-0.2, 0) is 16.1 Å². The maximum absolute atomic E-state index is 11.7. The first-order valence-corrected chi connectivity index (χ1v) is 6.58. The molecule has 1 aromatic carbocycles. The van der Waals surface area contributed by atoms with Crippen LogP contribution >= 0.6 is 11.6 Å². The number of amides is 1. The number of benzene rings is 1. The molecule has 1 N–H and O–H groups in total. The molecule has 0 aliphatic rings. The summed E-state index contributed by atoms with van der Waals surface area (Å²) in [5.74, 6) is 0.203. The van der Waals surface area contributed by atoms with Crippen LogP contribution in [0.4, 0.5) is 10.5 Å². The molecule has 0 saturated heterocycles. The summed E-state index contributed by atoms with van der Waals surface area (Å²) in [6.45, 7) is 3.65. The summed E-state index contributed by atoms with van der Waals surface area (Å²) >= 11 is 6.15. The van der Waals surface area contributed by atoms with Crippen molar-refractivity contribution in [3.8, 4) is 11.8 Å². The number of methoxy groups -OCH3 is 2.